The molecule has 0 fully saturated rings. The molecule has 0 heterocycles. The second kappa shape index (κ2) is 21.4. The van der Waals surface area contributed by atoms with E-state index in [-0.39, 0.29) is 46.8 Å². The van der Waals surface area contributed by atoms with Gasteiger partial charge in [-0.2, -0.15) is 11.8 Å². The Balaban J connectivity index is 1.18. The van der Waals surface area contributed by atoms with Crippen LogP contribution in [0.3, 0.4) is 0 Å². The number of amides is 1. The number of carbonyl (C=O) groups excluding carboxylic acids is 3. The van der Waals surface area contributed by atoms with Crippen LogP contribution in [-0.4, -0.2) is 73.0 Å². The lowest BCUT2D eigenvalue weighted by Crippen LogP contribution is -2.54. The maximum atomic E-state index is 14.7. The summed E-state index contributed by atoms with van der Waals surface area (Å²) in [6.45, 7) is 4.76. The Bertz CT molecular complexity index is 2540. The van der Waals surface area contributed by atoms with Gasteiger partial charge in [-0.05, 0) is 65.8 Å². The van der Waals surface area contributed by atoms with Gasteiger partial charge in [-0.1, -0.05) is 140 Å². The van der Waals surface area contributed by atoms with E-state index in [0.717, 1.165) is 38.9 Å². The third-order valence-corrected chi connectivity index (χ3v) is 12.5. The van der Waals surface area contributed by atoms with Crippen LogP contribution in [0.2, 0.25) is 0 Å². The van der Waals surface area contributed by atoms with E-state index in [0.29, 0.717) is 0 Å². The molecule has 0 saturated heterocycles. The third-order valence-electron chi connectivity index (χ3n) is 11.3. The van der Waals surface area contributed by atoms with Crippen LogP contribution >= 0.6 is 11.8 Å². The number of alkyl carbamates (subject to hydrolysis) is 1. The Morgan fingerprint density at radius 3 is 1.63 bits per heavy atom. The van der Waals surface area contributed by atoms with Crippen molar-refractivity contribution < 1.29 is 43.0 Å². The summed E-state index contributed by atoms with van der Waals surface area (Å²) in [5, 5.41) is 18.7. The number of rotatable bonds is 19. The van der Waals surface area contributed by atoms with Crippen LogP contribution in [0, 0.1) is 10.1 Å². The fourth-order valence-corrected chi connectivity index (χ4v) is 9.36. The summed E-state index contributed by atoms with van der Waals surface area (Å²) in [5.74, 6) is -1.28. The van der Waals surface area contributed by atoms with Gasteiger partial charge in [0.25, 0.3) is 5.69 Å². The van der Waals surface area contributed by atoms with Crippen molar-refractivity contribution in [1.82, 2.24) is 10.6 Å². The first kappa shape index (κ1) is 47.8. The van der Waals surface area contributed by atoms with Gasteiger partial charge in [-0.15, -0.1) is 0 Å². The Hall–Kier alpha value is -7.16. The van der Waals surface area contributed by atoms with Crippen LogP contribution < -0.4 is 20.1 Å². The first-order chi connectivity index (χ1) is 32.3. The van der Waals surface area contributed by atoms with Crippen LogP contribution in [0.4, 0.5) is 10.5 Å². The number of nitro benzene ring substituents is 1. The summed E-state index contributed by atoms with van der Waals surface area (Å²) >= 11 is 1.21. The van der Waals surface area contributed by atoms with E-state index in [9.17, 15) is 24.5 Å². The molecular formula is C53H53N3O10S. The Morgan fingerprint density at radius 2 is 1.13 bits per heavy atom. The molecule has 1 aliphatic rings. The van der Waals surface area contributed by atoms with E-state index in [4.69, 9.17) is 23.7 Å². The Morgan fingerprint density at radius 1 is 0.657 bits per heavy atom. The smallest absolute Gasteiger partial charge is 0.407 e. The van der Waals surface area contributed by atoms with Crippen LogP contribution in [0.25, 0.3) is 11.1 Å². The second-order valence-electron chi connectivity index (χ2n) is 16.8. The molecule has 1 aliphatic carbocycles. The van der Waals surface area contributed by atoms with Crippen LogP contribution in [0.5, 0.6) is 11.5 Å². The normalized spacial score (nSPS) is 13.0. The molecule has 1 amide bonds. The molecule has 0 aliphatic heterocycles. The molecule has 0 radical (unpaired) electrons. The minimum Gasteiger partial charge on any atom is -0.493 e. The molecular weight excluding hydrogens is 871 g/mol. The van der Waals surface area contributed by atoms with E-state index in [1.807, 2.05) is 140 Å². The maximum absolute atomic E-state index is 14.7. The summed E-state index contributed by atoms with van der Waals surface area (Å²) in [5.41, 5.74) is 4.41. The minimum absolute atomic E-state index is 0.00672. The lowest BCUT2D eigenvalue weighted by atomic mass is 9.76. The molecule has 0 aromatic heterocycles. The van der Waals surface area contributed by atoms with Crippen molar-refractivity contribution in [1.29, 1.82) is 0 Å². The van der Waals surface area contributed by atoms with E-state index in [1.54, 1.807) is 20.8 Å². The highest BCUT2D eigenvalue weighted by molar-refractivity contribution is 7.99. The number of thioether (sulfide) groups is 1. The van der Waals surface area contributed by atoms with Gasteiger partial charge in [0.05, 0.1) is 36.3 Å². The van der Waals surface area contributed by atoms with Crippen molar-refractivity contribution in [3.8, 4) is 22.6 Å². The molecule has 0 bridgehead atoms. The molecule has 2 N–H and O–H groups in total. The van der Waals surface area contributed by atoms with Crippen LogP contribution in [0.1, 0.15) is 60.1 Å². The standard InChI is InChI=1S/C53H53N3O10S/c1-52(2,3)66-50(58)44(54-51(59)65-32-43-41-27-17-15-25-39(41)40-26-16-18-28-42(40)43)33-67-34-45(49(57)64-31-35-29-47(62-4)48(63-5)30-46(35)56(60)61)55-53(36-19-9-6-10-20-36,37-21-11-7-12-22-37)38-23-13-8-14-24-38/h6-30,43-45,55H,31-34H2,1-5H3,(H,54,59)/t44-,45+/m1/s1. The number of nitrogens with one attached hydrogen (secondary N) is 2. The number of nitro groups is 1. The summed E-state index contributed by atoms with van der Waals surface area (Å²) in [7, 11) is 2.77. The van der Waals surface area contributed by atoms with Gasteiger partial charge in [-0.25, -0.2) is 9.59 Å². The second-order valence-corrected chi connectivity index (χ2v) is 17.9. The molecule has 6 aromatic rings. The molecule has 7 rings (SSSR count). The average Bonchev–Trinajstić information content (AvgIpc) is 3.66. The first-order valence-corrected chi connectivity index (χ1v) is 22.9. The average molecular weight is 924 g/mol. The van der Waals surface area contributed by atoms with Crippen molar-refractivity contribution in [3.63, 3.8) is 0 Å². The number of hydrogen-bond acceptors (Lipinski definition) is 12. The number of methoxy groups -OCH3 is 2. The Kier molecular flexibility index (Phi) is 15.3. The number of esters is 2. The monoisotopic (exact) mass is 923 g/mol. The lowest BCUT2D eigenvalue weighted by molar-refractivity contribution is -0.385. The van der Waals surface area contributed by atoms with Gasteiger partial charge < -0.3 is 29.0 Å². The highest BCUT2D eigenvalue weighted by Crippen LogP contribution is 2.45. The molecule has 2 atom stereocenters. The number of ether oxygens (including phenoxy) is 5. The first-order valence-electron chi connectivity index (χ1n) is 21.7. The van der Waals surface area contributed by atoms with Gasteiger partial charge in [0.15, 0.2) is 11.5 Å². The minimum atomic E-state index is -1.19. The Labute approximate surface area is 394 Å². The fourth-order valence-electron chi connectivity index (χ4n) is 8.32. The summed E-state index contributed by atoms with van der Waals surface area (Å²) in [4.78, 5) is 53.8. The zero-order valence-electron chi connectivity index (χ0n) is 37.9. The lowest BCUT2D eigenvalue weighted by Gasteiger charge is -2.39. The SMILES string of the molecule is COc1cc(COC(=O)[C@H](CSC[C@@H](NC(=O)OCC2c3ccccc3-c3ccccc32)C(=O)OC(C)(C)C)NC(c2ccccc2)(c2ccccc2)c2ccccc2)c([N+](=O)[O-])cc1OC. The number of benzene rings is 6. The molecule has 0 unspecified atom stereocenters. The predicted molar refractivity (Wildman–Crippen MR) is 257 cm³/mol. The summed E-state index contributed by atoms with van der Waals surface area (Å²) in [6, 6.07) is 45.3. The molecule has 0 spiro atoms. The maximum Gasteiger partial charge on any atom is 0.407 e. The highest BCUT2D eigenvalue weighted by Gasteiger charge is 2.41. The van der Waals surface area contributed by atoms with Crippen LogP contribution in [-0.2, 0) is 35.9 Å². The van der Waals surface area contributed by atoms with Crippen molar-refractivity contribution in [2.75, 3.05) is 32.3 Å². The van der Waals surface area contributed by atoms with Crippen molar-refractivity contribution in [3.05, 3.63) is 195 Å². The molecule has 0 saturated carbocycles. The number of fused-ring (bicyclic) bond motifs is 3. The predicted octanol–water partition coefficient (Wildman–Crippen LogP) is 9.59. The summed E-state index contributed by atoms with van der Waals surface area (Å²) in [6.07, 6.45) is -0.805. The van der Waals surface area contributed by atoms with Gasteiger partial charge in [0, 0.05) is 17.4 Å². The zero-order valence-corrected chi connectivity index (χ0v) is 38.7. The molecule has 346 valence electrons. The molecule has 14 heteroatoms. The van der Waals surface area contributed by atoms with E-state index in [2.05, 4.69) is 10.6 Å². The third kappa shape index (κ3) is 11.1. The molecule has 67 heavy (non-hydrogen) atoms. The van der Waals surface area contributed by atoms with E-state index < -0.39 is 52.8 Å². The number of nitrogens with zero attached hydrogens (tertiary/aromatic N) is 1. The van der Waals surface area contributed by atoms with Gasteiger partial charge in [0.2, 0.25) is 0 Å². The van der Waals surface area contributed by atoms with Crippen molar-refractivity contribution in [2.45, 2.75) is 56.5 Å². The fraction of sp³-hybridized carbons (Fsp3) is 0.264. The van der Waals surface area contributed by atoms with Gasteiger partial charge >= 0.3 is 18.0 Å². The number of carbonyl (C=O) groups is 3. The van der Waals surface area contributed by atoms with Crippen LogP contribution in [0.15, 0.2) is 152 Å². The zero-order chi connectivity index (χ0) is 47.6. The number of hydrogen-bond donors (Lipinski definition) is 2. The van der Waals surface area contributed by atoms with E-state index >= 15 is 0 Å². The van der Waals surface area contributed by atoms with E-state index in [1.165, 1.54) is 38.1 Å². The van der Waals surface area contributed by atoms with Gasteiger partial charge in [0.1, 0.15) is 30.9 Å². The topological polar surface area (TPSA) is 165 Å². The van der Waals surface area contributed by atoms with Crippen molar-refractivity contribution >= 4 is 35.5 Å². The molecule has 6 aromatic carbocycles. The largest absolute Gasteiger partial charge is 0.493 e. The van der Waals surface area contributed by atoms with Gasteiger partial charge in [-0.3, -0.25) is 20.2 Å². The molecule has 13 nitrogen and oxygen atoms in total. The highest BCUT2D eigenvalue weighted by atomic mass is 32.2. The van der Waals surface area contributed by atoms with Crippen molar-refractivity contribution in [2.24, 2.45) is 0 Å². The quantitative estimate of drug-likeness (QED) is 0.0260. The summed E-state index contributed by atoms with van der Waals surface area (Å²) < 4.78 is 28.3.